The summed E-state index contributed by atoms with van der Waals surface area (Å²) < 4.78 is 5.78. The zero-order valence-electron chi connectivity index (χ0n) is 14.4. The van der Waals surface area contributed by atoms with Crippen LogP contribution in [0.1, 0.15) is 24.0 Å². The molecule has 3 N–H and O–H groups in total. The highest BCUT2D eigenvalue weighted by atomic mass is 16.5. The maximum absolute atomic E-state index is 12.3. The maximum Gasteiger partial charge on any atom is 0.319 e. The summed E-state index contributed by atoms with van der Waals surface area (Å²) in [4.78, 5) is 14.7. The Morgan fingerprint density at radius 2 is 2.21 bits per heavy atom. The van der Waals surface area contributed by atoms with E-state index in [9.17, 15) is 4.79 Å². The van der Waals surface area contributed by atoms with Gasteiger partial charge >= 0.3 is 6.03 Å². The van der Waals surface area contributed by atoms with Crippen LogP contribution >= 0.6 is 0 Å². The molecule has 0 spiro atoms. The molecular weight excluding hydrogens is 306 g/mol. The number of aliphatic hydroxyl groups is 1. The summed E-state index contributed by atoms with van der Waals surface area (Å²) in [5, 5.41) is 15.1. The van der Waals surface area contributed by atoms with E-state index >= 15 is 0 Å². The number of carbonyl (C=O) groups is 1. The Morgan fingerprint density at radius 1 is 1.38 bits per heavy atom. The van der Waals surface area contributed by atoms with Crippen molar-refractivity contribution in [3.8, 4) is 0 Å². The third-order valence-electron chi connectivity index (χ3n) is 4.92. The molecule has 0 aliphatic carbocycles. The van der Waals surface area contributed by atoms with E-state index in [2.05, 4.69) is 15.5 Å². The number of hydrogen-bond acceptors (Lipinski definition) is 4. The molecule has 2 saturated heterocycles. The van der Waals surface area contributed by atoms with E-state index in [1.54, 1.807) is 0 Å². The van der Waals surface area contributed by atoms with Gasteiger partial charge in [0.1, 0.15) is 0 Å². The van der Waals surface area contributed by atoms with E-state index in [0.29, 0.717) is 19.1 Å². The first-order valence-corrected chi connectivity index (χ1v) is 8.66. The number of amides is 2. The van der Waals surface area contributed by atoms with Crippen molar-refractivity contribution in [1.82, 2.24) is 10.2 Å². The van der Waals surface area contributed by atoms with E-state index in [0.717, 1.165) is 36.3 Å². The van der Waals surface area contributed by atoms with Gasteiger partial charge in [-0.3, -0.25) is 4.90 Å². The van der Waals surface area contributed by atoms with Gasteiger partial charge in [0.05, 0.1) is 12.7 Å². The molecule has 2 amide bonds. The third-order valence-corrected chi connectivity index (χ3v) is 4.92. The minimum absolute atomic E-state index is 0.105. The van der Waals surface area contributed by atoms with E-state index in [-0.39, 0.29) is 24.8 Å². The molecule has 2 aliphatic rings. The summed E-state index contributed by atoms with van der Waals surface area (Å²) in [6.07, 6.45) is 1.69. The number of morpholine rings is 1. The minimum atomic E-state index is -0.152. The van der Waals surface area contributed by atoms with Crippen molar-refractivity contribution in [2.75, 3.05) is 31.6 Å². The molecule has 1 aromatic carbocycles. The smallest absolute Gasteiger partial charge is 0.319 e. The Morgan fingerprint density at radius 3 is 3.00 bits per heavy atom. The number of carbonyl (C=O) groups excluding carboxylic acids is 1. The second kappa shape index (κ2) is 7.51. The lowest BCUT2D eigenvalue weighted by Gasteiger charge is -2.34. The molecular formula is C18H27N3O3. The average molecular weight is 333 g/mol. The van der Waals surface area contributed by atoms with Crippen molar-refractivity contribution in [2.45, 2.75) is 44.9 Å². The van der Waals surface area contributed by atoms with Crippen LogP contribution in [0.25, 0.3) is 0 Å². The quantitative estimate of drug-likeness (QED) is 0.783. The van der Waals surface area contributed by atoms with E-state index in [1.165, 1.54) is 0 Å². The summed E-state index contributed by atoms with van der Waals surface area (Å²) in [7, 11) is 0. The van der Waals surface area contributed by atoms with Gasteiger partial charge in [-0.1, -0.05) is 12.1 Å². The number of urea groups is 1. The lowest BCUT2D eigenvalue weighted by Crippen LogP contribution is -2.46. The summed E-state index contributed by atoms with van der Waals surface area (Å²) in [6, 6.07) is 6.39. The number of aryl methyl sites for hydroxylation is 2. The number of fused-ring (bicyclic) bond motifs is 1. The number of ether oxygens (including phenoxy) is 1. The van der Waals surface area contributed by atoms with Crippen molar-refractivity contribution in [3.05, 3.63) is 29.3 Å². The topological polar surface area (TPSA) is 73.8 Å². The van der Waals surface area contributed by atoms with Crippen LogP contribution in [-0.4, -0.2) is 60.5 Å². The Balaban J connectivity index is 1.52. The number of nitrogens with zero attached hydrogens (tertiary/aromatic N) is 1. The van der Waals surface area contributed by atoms with E-state index in [4.69, 9.17) is 9.84 Å². The fraction of sp³-hybridized carbons (Fsp3) is 0.611. The first-order chi connectivity index (χ1) is 11.5. The molecule has 132 valence electrons. The molecule has 0 saturated carbocycles. The highest BCUT2D eigenvalue weighted by molar-refractivity contribution is 5.90. The molecule has 1 aromatic rings. The van der Waals surface area contributed by atoms with Gasteiger partial charge in [0, 0.05) is 37.5 Å². The van der Waals surface area contributed by atoms with Crippen LogP contribution in [0, 0.1) is 13.8 Å². The van der Waals surface area contributed by atoms with Crippen molar-refractivity contribution in [1.29, 1.82) is 0 Å². The van der Waals surface area contributed by atoms with Crippen molar-refractivity contribution in [3.63, 3.8) is 0 Å². The minimum Gasteiger partial charge on any atom is -0.396 e. The molecule has 6 heteroatoms. The fourth-order valence-corrected chi connectivity index (χ4v) is 3.58. The molecule has 0 bridgehead atoms. The van der Waals surface area contributed by atoms with Gasteiger partial charge in [-0.2, -0.15) is 0 Å². The normalized spacial score (nSPS) is 26.9. The summed E-state index contributed by atoms with van der Waals surface area (Å²) in [5.41, 5.74) is 3.04. The third kappa shape index (κ3) is 4.06. The Hall–Kier alpha value is -1.63. The van der Waals surface area contributed by atoms with Gasteiger partial charge in [-0.15, -0.1) is 0 Å². The van der Waals surface area contributed by atoms with Gasteiger partial charge in [-0.25, -0.2) is 4.79 Å². The Bertz CT molecular complexity index is 593. The standard InChI is InChI=1S/C18H27N3O3/c1-12-3-4-13(2)17(7-12)20-18(23)19-14-8-15-11-24-16(5-6-22)10-21(15)9-14/h3-4,7,14-16,22H,5-6,8-11H2,1-2H3,(H2,19,20,23)/t14-,15+,16+/m1/s1. The molecule has 2 fully saturated rings. The fourth-order valence-electron chi connectivity index (χ4n) is 3.58. The van der Waals surface area contributed by atoms with Gasteiger partial charge in [0.2, 0.25) is 0 Å². The lowest BCUT2D eigenvalue weighted by molar-refractivity contribution is -0.0566. The largest absolute Gasteiger partial charge is 0.396 e. The first kappa shape index (κ1) is 17.2. The van der Waals surface area contributed by atoms with Crippen molar-refractivity contribution < 1.29 is 14.6 Å². The van der Waals surface area contributed by atoms with Gasteiger partial charge in [0.25, 0.3) is 0 Å². The summed E-state index contributed by atoms with van der Waals surface area (Å²) in [5.74, 6) is 0. The second-order valence-corrected chi connectivity index (χ2v) is 6.92. The van der Waals surface area contributed by atoms with Crippen LogP contribution in [0.15, 0.2) is 18.2 Å². The molecule has 6 nitrogen and oxygen atoms in total. The molecule has 2 heterocycles. The van der Waals surface area contributed by atoms with Gasteiger partial charge in [-0.05, 0) is 43.9 Å². The SMILES string of the molecule is Cc1ccc(C)c(NC(=O)N[C@@H]2C[C@H]3CO[C@@H](CCO)CN3C2)c1. The molecule has 3 rings (SSSR count). The van der Waals surface area contributed by atoms with Gasteiger partial charge < -0.3 is 20.5 Å². The molecule has 24 heavy (non-hydrogen) atoms. The van der Waals surface area contributed by atoms with Crippen LogP contribution in [0.3, 0.4) is 0 Å². The maximum atomic E-state index is 12.3. The number of aliphatic hydroxyl groups excluding tert-OH is 1. The molecule has 0 unspecified atom stereocenters. The lowest BCUT2D eigenvalue weighted by atomic mass is 10.1. The van der Waals surface area contributed by atoms with Crippen LogP contribution in [-0.2, 0) is 4.74 Å². The van der Waals surface area contributed by atoms with Crippen molar-refractivity contribution in [2.24, 2.45) is 0 Å². The van der Waals surface area contributed by atoms with Crippen molar-refractivity contribution >= 4 is 11.7 Å². The van der Waals surface area contributed by atoms with Crippen LogP contribution in [0.2, 0.25) is 0 Å². The Kier molecular flexibility index (Phi) is 5.38. The predicted molar refractivity (Wildman–Crippen MR) is 93.3 cm³/mol. The molecule has 2 aliphatic heterocycles. The van der Waals surface area contributed by atoms with Crippen LogP contribution in [0.4, 0.5) is 10.5 Å². The predicted octanol–water partition coefficient (Wildman–Crippen LogP) is 1.65. The number of anilines is 1. The highest BCUT2D eigenvalue weighted by Gasteiger charge is 2.37. The summed E-state index contributed by atoms with van der Waals surface area (Å²) >= 11 is 0. The molecule has 0 aromatic heterocycles. The first-order valence-electron chi connectivity index (χ1n) is 8.66. The van der Waals surface area contributed by atoms with Crippen LogP contribution < -0.4 is 10.6 Å². The number of nitrogens with one attached hydrogen (secondary N) is 2. The monoisotopic (exact) mass is 333 g/mol. The molecule has 0 radical (unpaired) electrons. The Labute approximate surface area is 143 Å². The van der Waals surface area contributed by atoms with Crippen LogP contribution in [0.5, 0.6) is 0 Å². The number of benzene rings is 1. The zero-order valence-corrected chi connectivity index (χ0v) is 14.4. The highest BCUT2D eigenvalue weighted by Crippen LogP contribution is 2.24. The average Bonchev–Trinajstić information content (AvgIpc) is 2.92. The zero-order chi connectivity index (χ0) is 17.1. The summed E-state index contributed by atoms with van der Waals surface area (Å²) in [6.45, 7) is 6.52. The van der Waals surface area contributed by atoms with E-state index < -0.39 is 0 Å². The number of hydrogen-bond donors (Lipinski definition) is 3. The second-order valence-electron chi connectivity index (χ2n) is 6.92. The number of rotatable bonds is 4. The molecule has 3 atom stereocenters. The van der Waals surface area contributed by atoms with Gasteiger partial charge in [0.15, 0.2) is 0 Å². The van der Waals surface area contributed by atoms with E-state index in [1.807, 2.05) is 32.0 Å².